The molecule has 0 fully saturated rings. The molecular formula is C27H22FN3O3S. The van der Waals surface area contributed by atoms with E-state index < -0.39 is 11.7 Å². The van der Waals surface area contributed by atoms with E-state index in [1.54, 1.807) is 47.4 Å². The lowest BCUT2D eigenvalue weighted by Gasteiger charge is -2.24. The number of para-hydroxylation sites is 1. The molecule has 0 saturated heterocycles. The number of aromatic nitrogens is 1. The van der Waals surface area contributed by atoms with E-state index in [2.05, 4.69) is 10.3 Å². The van der Waals surface area contributed by atoms with Crippen molar-refractivity contribution in [2.45, 2.75) is 13.3 Å². The minimum absolute atomic E-state index is 0.205. The molecule has 35 heavy (non-hydrogen) atoms. The molecule has 0 spiro atoms. The van der Waals surface area contributed by atoms with E-state index in [0.29, 0.717) is 35.5 Å². The van der Waals surface area contributed by atoms with Crippen molar-refractivity contribution in [3.8, 4) is 17.0 Å². The summed E-state index contributed by atoms with van der Waals surface area (Å²) in [5.41, 5.74) is 6.18. The molecule has 0 saturated carbocycles. The summed E-state index contributed by atoms with van der Waals surface area (Å²) in [4.78, 5) is 33.8. The smallest absolute Gasteiger partial charge is 0.262 e. The number of fused-ring (bicyclic) bond motifs is 3. The zero-order chi connectivity index (χ0) is 24.5. The lowest BCUT2D eigenvalue weighted by atomic mass is 10.1. The molecule has 1 N–H and O–H groups in total. The molecule has 5 rings (SSSR count). The van der Waals surface area contributed by atoms with Gasteiger partial charge in [-0.25, -0.2) is 9.37 Å². The maximum Gasteiger partial charge on any atom is 0.262 e. The summed E-state index contributed by atoms with van der Waals surface area (Å²) in [6.07, 6.45) is 0.698. The number of nitrogens with zero attached hydrogens (tertiary/aromatic N) is 2. The number of halogens is 1. The van der Waals surface area contributed by atoms with Crippen LogP contribution in [-0.2, 0) is 6.42 Å². The first kappa shape index (κ1) is 22.7. The molecule has 0 unspecified atom stereocenters. The molecule has 4 aromatic rings. The molecule has 3 aromatic carbocycles. The van der Waals surface area contributed by atoms with Crippen LogP contribution in [0.4, 0.5) is 15.8 Å². The predicted octanol–water partition coefficient (Wildman–Crippen LogP) is 5.72. The number of hydrogen-bond acceptors (Lipinski definition) is 5. The first-order valence-corrected chi connectivity index (χ1v) is 11.9. The van der Waals surface area contributed by atoms with E-state index >= 15 is 0 Å². The van der Waals surface area contributed by atoms with Crippen molar-refractivity contribution >= 4 is 34.5 Å². The molecular weight excluding hydrogens is 465 g/mol. The topological polar surface area (TPSA) is 71.5 Å². The number of rotatable bonds is 4. The zero-order valence-corrected chi connectivity index (χ0v) is 20.0. The molecule has 0 bridgehead atoms. The van der Waals surface area contributed by atoms with Gasteiger partial charge in [-0.1, -0.05) is 24.3 Å². The van der Waals surface area contributed by atoms with Gasteiger partial charge in [-0.05, 0) is 42.8 Å². The SMILES string of the molecule is COc1cc(NC(=O)c2cc(F)ccc2C)ccc1C(=O)N1CCc2scnc2-c2ccccc21. The summed E-state index contributed by atoms with van der Waals surface area (Å²) in [6.45, 7) is 2.25. The first-order valence-electron chi connectivity index (χ1n) is 11.1. The van der Waals surface area contributed by atoms with Gasteiger partial charge in [0.15, 0.2) is 0 Å². The molecule has 176 valence electrons. The van der Waals surface area contributed by atoms with Crippen molar-refractivity contribution in [2.75, 3.05) is 23.9 Å². The van der Waals surface area contributed by atoms with Crippen molar-refractivity contribution < 1.29 is 18.7 Å². The van der Waals surface area contributed by atoms with Crippen LogP contribution in [0.5, 0.6) is 5.75 Å². The monoisotopic (exact) mass is 487 g/mol. The normalized spacial score (nSPS) is 12.4. The number of aryl methyl sites for hydroxylation is 1. The summed E-state index contributed by atoms with van der Waals surface area (Å²) in [5.74, 6) is -0.800. The van der Waals surface area contributed by atoms with Crippen molar-refractivity contribution in [2.24, 2.45) is 0 Å². The Morgan fingerprint density at radius 3 is 2.74 bits per heavy atom. The molecule has 1 aliphatic rings. The van der Waals surface area contributed by atoms with Crippen molar-refractivity contribution in [3.63, 3.8) is 0 Å². The van der Waals surface area contributed by atoms with Crippen LogP contribution in [0.3, 0.4) is 0 Å². The highest BCUT2D eigenvalue weighted by atomic mass is 32.1. The minimum atomic E-state index is -0.485. The van der Waals surface area contributed by atoms with Gasteiger partial charge >= 0.3 is 0 Å². The maximum atomic E-state index is 13.7. The Balaban J connectivity index is 1.45. The van der Waals surface area contributed by atoms with Crippen LogP contribution in [0.15, 0.2) is 66.2 Å². The van der Waals surface area contributed by atoms with Crippen LogP contribution >= 0.6 is 11.3 Å². The minimum Gasteiger partial charge on any atom is -0.496 e. The number of carbonyl (C=O) groups excluding carboxylic acids is 2. The second-order valence-corrected chi connectivity index (χ2v) is 9.12. The maximum absolute atomic E-state index is 13.7. The molecule has 1 aromatic heterocycles. The first-order chi connectivity index (χ1) is 17.0. The average Bonchev–Trinajstić information content (AvgIpc) is 3.28. The van der Waals surface area contributed by atoms with Crippen LogP contribution in [0.25, 0.3) is 11.3 Å². The Morgan fingerprint density at radius 2 is 1.91 bits per heavy atom. The largest absolute Gasteiger partial charge is 0.496 e. The van der Waals surface area contributed by atoms with Crippen LogP contribution < -0.4 is 15.0 Å². The lowest BCUT2D eigenvalue weighted by molar-refractivity contribution is 0.0983. The van der Waals surface area contributed by atoms with Gasteiger partial charge in [-0.15, -0.1) is 11.3 Å². The second-order valence-electron chi connectivity index (χ2n) is 8.18. The third-order valence-electron chi connectivity index (χ3n) is 6.03. The fourth-order valence-electron chi connectivity index (χ4n) is 4.25. The van der Waals surface area contributed by atoms with Crippen molar-refractivity contribution in [3.05, 3.63) is 93.6 Å². The fourth-order valence-corrected chi connectivity index (χ4v) is 5.02. The number of ether oxygens (including phenoxy) is 1. The fraction of sp³-hybridized carbons (Fsp3) is 0.148. The highest BCUT2D eigenvalue weighted by Crippen LogP contribution is 2.38. The summed E-state index contributed by atoms with van der Waals surface area (Å²) in [6, 6.07) is 16.7. The van der Waals surface area contributed by atoms with Gasteiger partial charge in [0, 0.05) is 40.7 Å². The Kier molecular flexibility index (Phi) is 6.05. The van der Waals surface area contributed by atoms with E-state index in [1.165, 1.54) is 19.2 Å². The van der Waals surface area contributed by atoms with Crippen molar-refractivity contribution in [1.29, 1.82) is 0 Å². The number of amides is 2. The number of carbonyl (C=O) groups is 2. The Labute approximate surface area is 206 Å². The van der Waals surface area contributed by atoms with Crippen molar-refractivity contribution in [1.82, 2.24) is 4.98 Å². The van der Waals surface area contributed by atoms with Crippen LogP contribution in [0.2, 0.25) is 0 Å². The number of hydrogen-bond donors (Lipinski definition) is 1. The van der Waals surface area contributed by atoms with Gasteiger partial charge < -0.3 is 15.0 Å². The van der Waals surface area contributed by atoms with Gasteiger partial charge in [0.2, 0.25) is 0 Å². The number of methoxy groups -OCH3 is 1. The van der Waals surface area contributed by atoms with Gasteiger partial charge in [-0.3, -0.25) is 9.59 Å². The van der Waals surface area contributed by atoms with Gasteiger partial charge in [0.1, 0.15) is 11.6 Å². The van der Waals surface area contributed by atoms with Gasteiger partial charge in [0.25, 0.3) is 11.8 Å². The molecule has 1 aliphatic heterocycles. The molecule has 0 radical (unpaired) electrons. The molecule has 6 nitrogen and oxygen atoms in total. The number of benzene rings is 3. The zero-order valence-electron chi connectivity index (χ0n) is 19.2. The standard InChI is InChI=1S/C27H22FN3O3S/c1-16-7-8-17(28)13-21(16)26(32)30-18-9-10-20(23(14-18)34-2)27(33)31-12-11-24-25(29-15-35-24)19-5-3-4-6-22(19)31/h3-10,13-15H,11-12H2,1-2H3,(H,30,32). The van der Waals surface area contributed by atoms with Crippen LogP contribution in [0.1, 0.15) is 31.2 Å². The van der Waals surface area contributed by atoms with E-state index in [-0.39, 0.29) is 11.5 Å². The Morgan fingerprint density at radius 1 is 1.09 bits per heavy atom. The Hall–Kier alpha value is -4.04. The highest BCUT2D eigenvalue weighted by Gasteiger charge is 2.28. The number of thiazole rings is 1. The predicted molar refractivity (Wildman–Crippen MR) is 135 cm³/mol. The van der Waals surface area contributed by atoms with Crippen LogP contribution in [0, 0.1) is 12.7 Å². The Bertz CT molecular complexity index is 1450. The lowest BCUT2D eigenvalue weighted by Crippen LogP contribution is -2.32. The van der Waals surface area contributed by atoms with Gasteiger partial charge in [0.05, 0.1) is 29.6 Å². The number of nitrogens with one attached hydrogen (secondary N) is 1. The molecule has 8 heteroatoms. The van der Waals surface area contributed by atoms with E-state index in [0.717, 1.165) is 21.8 Å². The molecule has 0 atom stereocenters. The van der Waals surface area contributed by atoms with E-state index in [4.69, 9.17) is 4.74 Å². The highest BCUT2D eigenvalue weighted by molar-refractivity contribution is 7.10. The van der Waals surface area contributed by atoms with Gasteiger partial charge in [-0.2, -0.15) is 0 Å². The summed E-state index contributed by atoms with van der Waals surface area (Å²) >= 11 is 1.59. The molecule has 2 heterocycles. The number of anilines is 2. The molecule has 2 amide bonds. The second kappa shape index (κ2) is 9.31. The summed E-state index contributed by atoms with van der Waals surface area (Å²) in [5, 5.41) is 2.76. The quantitative estimate of drug-likeness (QED) is 0.400. The summed E-state index contributed by atoms with van der Waals surface area (Å²) in [7, 11) is 1.48. The molecule has 0 aliphatic carbocycles. The third kappa shape index (κ3) is 4.28. The van der Waals surface area contributed by atoms with E-state index in [1.807, 2.05) is 29.8 Å². The van der Waals surface area contributed by atoms with E-state index in [9.17, 15) is 14.0 Å². The summed E-state index contributed by atoms with van der Waals surface area (Å²) < 4.78 is 19.2. The average molecular weight is 488 g/mol. The van der Waals surface area contributed by atoms with Crippen LogP contribution in [-0.4, -0.2) is 30.5 Å². The third-order valence-corrected chi connectivity index (χ3v) is 6.93.